The number of nitrogens with one attached hydrogen (secondary N) is 1. The van der Waals surface area contributed by atoms with Crippen molar-refractivity contribution in [2.75, 3.05) is 45.9 Å². The molecule has 2 rings (SSSR count). The number of nitrogens with zero attached hydrogens (tertiary/aromatic N) is 2. The van der Waals surface area contributed by atoms with E-state index in [0.29, 0.717) is 0 Å². The van der Waals surface area contributed by atoms with Gasteiger partial charge >= 0.3 is 6.03 Å². The molecule has 2 amide bonds. The molecular formula is C15H29N3O2. The lowest BCUT2D eigenvalue weighted by Gasteiger charge is -2.36. The lowest BCUT2D eigenvalue weighted by Crippen LogP contribution is -2.48. The van der Waals surface area contributed by atoms with E-state index < -0.39 is 0 Å². The number of amides is 2. The van der Waals surface area contributed by atoms with E-state index in [1.807, 2.05) is 4.90 Å². The molecular weight excluding hydrogens is 254 g/mol. The van der Waals surface area contributed by atoms with Crippen LogP contribution in [0, 0.1) is 5.92 Å². The van der Waals surface area contributed by atoms with E-state index in [2.05, 4.69) is 24.1 Å². The number of carbonyl (C=O) groups is 1. The van der Waals surface area contributed by atoms with Gasteiger partial charge in [-0.25, -0.2) is 4.79 Å². The van der Waals surface area contributed by atoms with Crippen LogP contribution in [0.4, 0.5) is 4.79 Å². The second-order valence-corrected chi connectivity index (χ2v) is 6.10. The lowest BCUT2D eigenvalue weighted by atomic mass is 9.96. The van der Waals surface area contributed by atoms with Gasteiger partial charge < -0.3 is 15.0 Å². The minimum Gasteiger partial charge on any atom is -0.379 e. The van der Waals surface area contributed by atoms with Crippen LogP contribution in [0.1, 0.15) is 33.1 Å². The van der Waals surface area contributed by atoms with Crippen molar-refractivity contribution in [1.82, 2.24) is 15.1 Å². The molecule has 2 aliphatic rings. The second-order valence-electron chi connectivity index (χ2n) is 6.10. The molecule has 20 heavy (non-hydrogen) atoms. The Hall–Kier alpha value is -0.810. The molecule has 5 heteroatoms. The minimum absolute atomic E-state index is 0.115. The summed E-state index contributed by atoms with van der Waals surface area (Å²) in [5.41, 5.74) is 0. The Morgan fingerprint density at radius 3 is 2.50 bits per heavy atom. The first-order valence-corrected chi connectivity index (χ1v) is 8.04. The predicted molar refractivity (Wildman–Crippen MR) is 79.8 cm³/mol. The summed E-state index contributed by atoms with van der Waals surface area (Å²) in [4.78, 5) is 16.5. The van der Waals surface area contributed by atoms with Gasteiger partial charge in [-0.3, -0.25) is 4.90 Å². The highest BCUT2D eigenvalue weighted by molar-refractivity contribution is 5.74. The Morgan fingerprint density at radius 2 is 1.90 bits per heavy atom. The first kappa shape index (κ1) is 15.6. The minimum atomic E-state index is 0.115. The van der Waals surface area contributed by atoms with Gasteiger partial charge in [-0.15, -0.1) is 0 Å². The van der Waals surface area contributed by atoms with Crippen LogP contribution in [0.15, 0.2) is 0 Å². The Bertz CT molecular complexity index is 297. The van der Waals surface area contributed by atoms with Crippen LogP contribution >= 0.6 is 0 Å². The van der Waals surface area contributed by atoms with Crippen molar-refractivity contribution in [3.05, 3.63) is 0 Å². The Morgan fingerprint density at radius 1 is 1.25 bits per heavy atom. The van der Waals surface area contributed by atoms with Crippen molar-refractivity contribution in [1.29, 1.82) is 0 Å². The molecule has 0 radical (unpaired) electrons. The summed E-state index contributed by atoms with van der Waals surface area (Å²) in [5, 5.41) is 3.06. The molecule has 5 nitrogen and oxygen atoms in total. The second kappa shape index (κ2) is 7.84. The van der Waals surface area contributed by atoms with Gasteiger partial charge in [0.2, 0.25) is 0 Å². The topological polar surface area (TPSA) is 44.8 Å². The molecule has 0 aromatic heterocycles. The van der Waals surface area contributed by atoms with Crippen molar-refractivity contribution < 1.29 is 9.53 Å². The van der Waals surface area contributed by atoms with E-state index in [1.165, 1.54) is 6.54 Å². The third-order valence-electron chi connectivity index (χ3n) is 4.50. The fourth-order valence-corrected chi connectivity index (χ4v) is 2.87. The molecule has 2 heterocycles. The number of urea groups is 1. The summed E-state index contributed by atoms with van der Waals surface area (Å²) in [7, 11) is 0. The van der Waals surface area contributed by atoms with Gasteiger partial charge in [0.05, 0.1) is 13.2 Å². The van der Waals surface area contributed by atoms with E-state index in [4.69, 9.17) is 4.74 Å². The van der Waals surface area contributed by atoms with Gasteiger partial charge in [-0.05, 0) is 32.1 Å². The normalized spacial score (nSPS) is 23.6. The molecule has 2 aliphatic heterocycles. The van der Waals surface area contributed by atoms with Crippen LogP contribution in [-0.2, 0) is 4.74 Å². The number of hydrogen-bond donors (Lipinski definition) is 1. The lowest BCUT2D eigenvalue weighted by molar-refractivity contribution is 0.0258. The molecule has 1 atom stereocenters. The number of likely N-dealkylation sites (tertiary alicyclic amines) is 1. The fraction of sp³-hybridized carbons (Fsp3) is 0.933. The van der Waals surface area contributed by atoms with Crippen molar-refractivity contribution in [3.63, 3.8) is 0 Å². The maximum Gasteiger partial charge on any atom is 0.317 e. The van der Waals surface area contributed by atoms with Crippen LogP contribution in [0.5, 0.6) is 0 Å². The van der Waals surface area contributed by atoms with E-state index in [-0.39, 0.29) is 12.1 Å². The molecule has 0 saturated carbocycles. The van der Waals surface area contributed by atoms with Gasteiger partial charge in [-0.2, -0.15) is 0 Å². The molecule has 0 aromatic rings. The highest BCUT2D eigenvalue weighted by Gasteiger charge is 2.25. The van der Waals surface area contributed by atoms with Crippen LogP contribution in [0.2, 0.25) is 0 Å². The third kappa shape index (κ3) is 4.63. The number of rotatable bonds is 4. The monoisotopic (exact) mass is 283 g/mol. The van der Waals surface area contributed by atoms with Crippen molar-refractivity contribution in [2.24, 2.45) is 5.92 Å². The number of carbonyl (C=O) groups excluding carboxylic acids is 1. The number of piperidine rings is 1. The van der Waals surface area contributed by atoms with E-state index in [0.717, 1.165) is 64.6 Å². The standard InChI is InChI=1S/C15H29N3O2/c1-3-13(2)16-15(19)18-6-4-14(5-7-18)12-17-8-10-20-11-9-17/h13-14H,3-12H2,1-2H3,(H,16,19). The maximum absolute atomic E-state index is 12.1. The summed E-state index contributed by atoms with van der Waals surface area (Å²) < 4.78 is 5.38. The van der Waals surface area contributed by atoms with Crippen LogP contribution in [-0.4, -0.2) is 67.8 Å². The average Bonchev–Trinajstić information content (AvgIpc) is 2.49. The Balaban J connectivity index is 1.67. The van der Waals surface area contributed by atoms with Crippen molar-refractivity contribution in [3.8, 4) is 0 Å². The quantitative estimate of drug-likeness (QED) is 0.851. The van der Waals surface area contributed by atoms with Crippen LogP contribution in [0.3, 0.4) is 0 Å². The number of ether oxygens (including phenoxy) is 1. The molecule has 0 spiro atoms. The zero-order chi connectivity index (χ0) is 14.4. The van der Waals surface area contributed by atoms with Gasteiger partial charge in [0, 0.05) is 38.8 Å². The number of morpholine rings is 1. The molecule has 2 saturated heterocycles. The maximum atomic E-state index is 12.1. The molecule has 116 valence electrons. The molecule has 0 aromatic carbocycles. The third-order valence-corrected chi connectivity index (χ3v) is 4.50. The van der Waals surface area contributed by atoms with Gasteiger partial charge in [0.1, 0.15) is 0 Å². The highest BCUT2D eigenvalue weighted by Crippen LogP contribution is 2.19. The predicted octanol–water partition coefficient (Wildman–Crippen LogP) is 1.54. The average molecular weight is 283 g/mol. The highest BCUT2D eigenvalue weighted by atomic mass is 16.5. The van der Waals surface area contributed by atoms with E-state index in [9.17, 15) is 4.79 Å². The molecule has 2 fully saturated rings. The zero-order valence-electron chi connectivity index (χ0n) is 12.9. The van der Waals surface area contributed by atoms with Crippen molar-refractivity contribution in [2.45, 2.75) is 39.2 Å². The van der Waals surface area contributed by atoms with Gasteiger partial charge in [0.15, 0.2) is 0 Å². The summed E-state index contributed by atoms with van der Waals surface area (Å²) in [5.74, 6) is 0.737. The first-order chi connectivity index (χ1) is 9.69. The van der Waals surface area contributed by atoms with E-state index >= 15 is 0 Å². The van der Waals surface area contributed by atoms with Crippen LogP contribution < -0.4 is 5.32 Å². The molecule has 1 N–H and O–H groups in total. The molecule has 1 unspecified atom stereocenters. The zero-order valence-corrected chi connectivity index (χ0v) is 12.9. The molecule has 0 bridgehead atoms. The fourth-order valence-electron chi connectivity index (χ4n) is 2.87. The summed E-state index contributed by atoms with van der Waals surface area (Å²) in [6, 6.07) is 0.387. The van der Waals surface area contributed by atoms with E-state index in [1.54, 1.807) is 0 Å². The largest absolute Gasteiger partial charge is 0.379 e. The smallest absolute Gasteiger partial charge is 0.317 e. The van der Waals surface area contributed by atoms with Crippen molar-refractivity contribution >= 4 is 6.03 Å². The number of hydrogen-bond acceptors (Lipinski definition) is 3. The van der Waals surface area contributed by atoms with Gasteiger partial charge in [0.25, 0.3) is 0 Å². The summed E-state index contributed by atoms with van der Waals surface area (Å²) in [6.45, 7) is 11.0. The Labute approximate surface area is 122 Å². The first-order valence-electron chi connectivity index (χ1n) is 8.04. The van der Waals surface area contributed by atoms with Gasteiger partial charge in [-0.1, -0.05) is 6.92 Å². The summed E-state index contributed by atoms with van der Waals surface area (Å²) in [6.07, 6.45) is 3.25. The van der Waals surface area contributed by atoms with Crippen LogP contribution in [0.25, 0.3) is 0 Å². The Kier molecular flexibility index (Phi) is 6.10. The summed E-state index contributed by atoms with van der Waals surface area (Å²) >= 11 is 0. The molecule has 0 aliphatic carbocycles. The SMILES string of the molecule is CCC(C)NC(=O)N1CCC(CN2CCOCC2)CC1.